The summed E-state index contributed by atoms with van der Waals surface area (Å²) in [6, 6.07) is 12.5. The van der Waals surface area contributed by atoms with Crippen LogP contribution in [0.5, 0.6) is 5.75 Å². The highest BCUT2D eigenvalue weighted by Gasteiger charge is 2.21. The lowest BCUT2D eigenvalue weighted by molar-refractivity contribution is -0.117. The van der Waals surface area contributed by atoms with Crippen LogP contribution in [0.2, 0.25) is 5.02 Å². The molecule has 2 aromatic carbocycles. The van der Waals surface area contributed by atoms with E-state index in [0.717, 1.165) is 24.2 Å². The lowest BCUT2D eigenvalue weighted by Gasteiger charge is -2.15. The minimum absolute atomic E-state index is 0.0782. The molecule has 5 heteroatoms. The maximum Gasteiger partial charge on any atom is 0.227 e. The Balaban J connectivity index is 1.65. The molecule has 0 atom stereocenters. The van der Waals surface area contributed by atoms with Crippen LogP contribution in [0, 0.1) is 6.92 Å². The number of carbonyl (C=O) groups is 2. The van der Waals surface area contributed by atoms with Crippen molar-refractivity contribution in [3.05, 3.63) is 58.6 Å². The molecule has 124 valence electrons. The number of amides is 1. The number of hydrogen-bond acceptors (Lipinski definition) is 3. The molecular formula is C19H18ClNO3. The van der Waals surface area contributed by atoms with E-state index >= 15 is 0 Å². The maximum absolute atomic E-state index is 12.3. The average Bonchev–Trinajstić information content (AvgIpc) is 3.01. The van der Waals surface area contributed by atoms with Crippen molar-refractivity contribution in [3.63, 3.8) is 0 Å². The quantitative estimate of drug-likeness (QED) is 0.770. The van der Waals surface area contributed by atoms with E-state index in [9.17, 15) is 9.59 Å². The number of halogens is 1. The van der Waals surface area contributed by atoms with E-state index in [4.69, 9.17) is 16.3 Å². The summed E-state index contributed by atoms with van der Waals surface area (Å²) in [4.78, 5) is 25.7. The van der Waals surface area contributed by atoms with Gasteiger partial charge in [0.2, 0.25) is 5.91 Å². The van der Waals surface area contributed by atoms with Crippen molar-refractivity contribution in [2.45, 2.75) is 19.8 Å². The summed E-state index contributed by atoms with van der Waals surface area (Å²) in [6.07, 6.45) is 1.47. The zero-order valence-electron chi connectivity index (χ0n) is 13.4. The fourth-order valence-corrected chi connectivity index (χ4v) is 2.87. The maximum atomic E-state index is 12.3. The summed E-state index contributed by atoms with van der Waals surface area (Å²) < 4.78 is 5.53. The predicted octanol–water partition coefficient (Wildman–Crippen LogP) is 4.04. The van der Waals surface area contributed by atoms with Gasteiger partial charge >= 0.3 is 0 Å². The zero-order chi connectivity index (χ0) is 17.1. The number of carbonyl (C=O) groups excluding carboxylic acids is 2. The molecule has 0 bridgehead atoms. The van der Waals surface area contributed by atoms with Crippen LogP contribution >= 0.6 is 11.6 Å². The van der Waals surface area contributed by atoms with Crippen molar-refractivity contribution in [2.24, 2.45) is 0 Å². The minimum atomic E-state index is -0.133. The van der Waals surface area contributed by atoms with Gasteiger partial charge in [-0.25, -0.2) is 0 Å². The molecule has 1 saturated heterocycles. The summed E-state index contributed by atoms with van der Waals surface area (Å²) >= 11 is 6.06. The van der Waals surface area contributed by atoms with Crippen molar-refractivity contribution >= 4 is 29.0 Å². The van der Waals surface area contributed by atoms with Crippen LogP contribution in [-0.2, 0) is 4.79 Å². The second-order valence-corrected chi connectivity index (χ2v) is 6.25. The predicted molar refractivity (Wildman–Crippen MR) is 94.0 cm³/mol. The molecule has 1 amide bonds. The average molecular weight is 344 g/mol. The van der Waals surface area contributed by atoms with Gasteiger partial charge in [0.05, 0.1) is 5.02 Å². The number of nitrogens with zero attached hydrogens (tertiary/aromatic N) is 1. The van der Waals surface area contributed by atoms with Crippen LogP contribution in [-0.4, -0.2) is 24.8 Å². The molecule has 1 fully saturated rings. The number of hydrogen-bond donors (Lipinski definition) is 0. The molecule has 4 nitrogen and oxygen atoms in total. The number of anilines is 1. The Morgan fingerprint density at radius 2 is 1.96 bits per heavy atom. The van der Waals surface area contributed by atoms with Gasteiger partial charge in [0.25, 0.3) is 0 Å². The smallest absolute Gasteiger partial charge is 0.227 e. The van der Waals surface area contributed by atoms with E-state index in [2.05, 4.69) is 0 Å². The normalized spacial score (nSPS) is 14.1. The van der Waals surface area contributed by atoms with Gasteiger partial charge in [-0.05, 0) is 55.3 Å². The SMILES string of the molecule is Cc1ccc(Cl)c(OCC(=O)c2ccc(N3CCCC3=O)cc2)c1. The Morgan fingerprint density at radius 1 is 1.21 bits per heavy atom. The molecule has 0 spiro atoms. The highest BCUT2D eigenvalue weighted by Crippen LogP contribution is 2.26. The van der Waals surface area contributed by atoms with Gasteiger partial charge in [-0.3, -0.25) is 9.59 Å². The number of benzene rings is 2. The zero-order valence-corrected chi connectivity index (χ0v) is 14.2. The summed E-state index contributed by atoms with van der Waals surface area (Å²) in [5.74, 6) is 0.502. The minimum Gasteiger partial charge on any atom is -0.484 e. The molecule has 24 heavy (non-hydrogen) atoms. The van der Waals surface area contributed by atoms with Gasteiger partial charge in [0, 0.05) is 24.2 Å². The summed E-state index contributed by atoms with van der Waals surface area (Å²) in [7, 11) is 0. The van der Waals surface area contributed by atoms with Crippen LogP contribution in [0.4, 0.5) is 5.69 Å². The number of Topliss-reactive ketones (excluding diaryl/α,β-unsaturated/α-hetero) is 1. The first-order valence-electron chi connectivity index (χ1n) is 7.87. The third-order valence-electron chi connectivity index (χ3n) is 4.02. The number of ether oxygens (including phenoxy) is 1. The van der Waals surface area contributed by atoms with Crippen LogP contribution in [0.1, 0.15) is 28.8 Å². The van der Waals surface area contributed by atoms with Crippen LogP contribution < -0.4 is 9.64 Å². The number of ketones is 1. The van der Waals surface area contributed by atoms with Gasteiger partial charge in [-0.1, -0.05) is 17.7 Å². The second kappa shape index (κ2) is 7.05. The van der Waals surface area contributed by atoms with E-state index in [1.807, 2.05) is 13.0 Å². The second-order valence-electron chi connectivity index (χ2n) is 5.84. The first-order valence-corrected chi connectivity index (χ1v) is 8.25. The lowest BCUT2D eigenvalue weighted by Crippen LogP contribution is -2.23. The Kier molecular flexibility index (Phi) is 4.86. The van der Waals surface area contributed by atoms with Crippen LogP contribution in [0.25, 0.3) is 0 Å². The largest absolute Gasteiger partial charge is 0.484 e. The Labute approximate surface area is 146 Å². The van der Waals surface area contributed by atoms with E-state index in [-0.39, 0.29) is 18.3 Å². The Morgan fingerprint density at radius 3 is 2.62 bits per heavy atom. The van der Waals surface area contributed by atoms with Gasteiger partial charge < -0.3 is 9.64 Å². The molecule has 0 N–H and O–H groups in total. The lowest BCUT2D eigenvalue weighted by atomic mass is 10.1. The van der Waals surface area contributed by atoms with Crippen molar-refractivity contribution in [1.29, 1.82) is 0 Å². The molecule has 1 aliphatic heterocycles. The monoisotopic (exact) mass is 343 g/mol. The van der Waals surface area contributed by atoms with Gasteiger partial charge in [-0.15, -0.1) is 0 Å². The van der Waals surface area contributed by atoms with Crippen molar-refractivity contribution < 1.29 is 14.3 Å². The standard InChI is InChI=1S/C19H18ClNO3/c1-13-4-9-16(20)18(11-13)24-12-17(22)14-5-7-15(8-6-14)21-10-2-3-19(21)23/h4-9,11H,2-3,10,12H2,1H3. The molecule has 0 aliphatic carbocycles. The van der Waals surface area contributed by atoms with E-state index in [0.29, 0.717) is 22.8 Å². The van der Waals surface area contributed by atoms with Crippen molar-refractivity contribution in [2.75, 3.05) is 18.1 Å². The molecule has 3 rings (SSSR count). The fraction of sp³-hybridized carbons (Fsp3) is 0.263. The summed E-state index contributed by atoms with van der Waals surface area (Å²) in [5, 5.41) is 0.483. The van der Waals surface area contributed by atoms with Crippen LogP contribution in [0.15, 0.2) is 42.5 Å². The third-order valence-corrected chi connectivity index (χ3v) is 4.33. The van der Waals surface area contributed by atoms with Crippen LogP contribution in [0.3, 0.4) is 0 Å². The Bertz CT molecular complexity index is 771. The van der Waals surface area contributed by atoms with Gasteiger partial charge in [-0.2, -0.15) is 0 Å². The van der Waals surface area contributed by atoms with E-state index in [1.165, 1.54) is 0 Å². The van der Waals surface area contributed by atoms with Crippen molar-refractivity contribution in [1.82, 2.24) is 0 Å². The third kappa shape index (κ3) is 3.60. The molecule has 0 radical (unpaired) electrons. The molecular weight excluding hydrogens is 326 g/mol. The number of aryl methyl sites for hydroxylation is 1. The molecule has 1 aliphatic rings. The van der Waals surface area contributed by atoms with Gasteiger partial charge in [0.15, 0.2) is 12.4 Å². The number of rotatable bonds is 5. The van der Waals surface area contributed by atoms with E-state index < -0.39 is 0 Å². The molecule has 0 unspecified atom stereocenters. The van der Waals surface area contributed by atoms with Gasteiger partial charge in [0.1, 0.15) is 5.75 Å². The highest BCUT2D eigenvalue weighted by molar-refractivity contribution is 6.32. The molecule has 0 saturated carbocycles. The van der Waals surface area contributed by atoms with Crippen molar-refractivity contribution in [3.8, 4) is 5.75 Å². The Hall–Kier alpha value is -2.33. The summed E-state index contributed by atoms with van der Waals surface area (Å²) in [6.45, 7) is 2.59. The first kappa shape index (κ1) is 16.5. The molecule has 0 aromatic heterocycles. The summed E-state index contributed by atoms with van der Waals surface area (Å²) in [5.41, 5.74) is 2.40. The van der Waals surface area contributed by atoms with E-state index in [1.54, 1.807) is 41.3 Å². The highest BCUT2D eigenvalue weighted by atomic mass is 35.5. The molecule has 1 heterocycles. The fourth-order valence-electron chi connectivity index (χ4n) is 2.70. The first-order chi connectivity index (χ1) is 11.5. The molecule has 2 aromatic rings. The topological polar surface area (TPSA) is 46.6 Å².